The molecular formula is C11H15N3O6. The molecule has 1 heterocycles. The van der Waals surface area contributed by atoms with Gasteiger partial charge in [-0.3, -0.25) is 4.79 Å². The third kappa shape index (κ3) is 3.05. The number of amides is 1. The standard InChI is InChI=1S/C11H15N3O6/c1-11(2,14-10(18)20-4)9-12-5(8(17)19-3)6(15)7(16)13-9/h15H,1-4H3,(H,14,18)(H,12,13,16). The van der Waals surface area contributed by atoms with Gasteiger partial charge in [-0.15, -0.1) is 0 Å². The first-order valence-corrected chi connectivity index (χ1v) is 5.51. The van der Waals surface area contributed by atoms with E-state index in [0.29, 0.717) is 0 Å². The second-order valence-electron chi connectivity index (χ2n) is 4.34. The summed E-state index contributed by atoms with van der Waals surface area (Å²) in [6, 6.07) is 0. The maximum Gasteiger partial charge on any atom is 0.407 e. The number of ether oxygens (including phenoxy) is 2. The number of carbonyl (C=O) groups excluding carboxylic acids is 2. The Balaban J connectivity index is 3.33. The molecule has 0 unspecified atom stereocenters. The van der Waals surface area contributed by atoms with Crippen LogP contribution in [0.4, 0.5) is 4.79 Å². The number of alkyl carbamates (subject to hydrolysis) is 1. The molecule has 1 rings (SSSR count). The second-order valence-corrected chi connectivity index (χ2v) is 4.34. The Labute approximate surface area is 113 Å². The fourth-order valence-corrected chi connectivity index (χ4v) is 1.37. The van der Waals surface area contributed by atoms with Gasteiger partial charge in [0.2, 0.25) is 5.75 Å². The van der Waals surface area contributed by atoms with Crippen molar-refractivity contribution in [1.82, 2.24) is 15.3 Å². The van der Waals surface area contributed by atoms with Gasteiger partial charge in [-0.25, -0.2) is 14.6 Å². The number of rotatable bonds is 3. The normalized spacial score (nSPS) is 10.8. The first-order valence-electron chi connectivity index (χ1n) is 5.51. The highest BCUT2D eigenvalue weighted by Crippen LogP contribution is 2.18. The van der Waals surface area contributed by atoms with Crippen molar-refractivity contribution in [3.8, 4) is 5.75 Å². The monoisotopic (exact) mass is 285 g/mol. The van der Waals surface area contributed by atoms with Crippen LogP contribution >= 0.6 is 0 Å². The van der Waals surface area contributed by atoms with E-state index in [4.69, 9.17) is 0 Å². The molecule has 0 spiro atoms. The van der Waals surface area contributed by atoms with E-state index in [0.717, 1.165) is 7.11 Å². The topological polar surface area (TPSA) is 131 Å². The minimum absolute atomic E-state index is 0.0360. The number of methoxy groups -OCH3 is 2. The van der Waals surface area contributed by atoms with Crippen molar-refractivity contribution >= 4 is 12.1 Å². The van der Waals surface area contributed by atoms with Crippen LogP contribution in [0, 0.1) is 0 Å². The van der Waals surface area contributed by atoms with Gasteiger partial charge in [0, 0.05) is 0 Å². The molecule has 20 heavy (non-hydrogen) atoms. The first kappa shape index (κ1) is 15.5. The Hall–Kier alpha value is -2.58. The molecule has 0 fully saturated rings. The van der Waals surface area contributed by atoms with Crippen LogP contribution in [0.15, 0.2) is 4.79 Å². The van der Waals surface area contributed by atoms with Crippen LogP contribution in [0.2, 0.25) is 0 Å². The molecule has 1 aromatic heterocycles. The first-order chi connectivity index (χ1) is 9.22. The molecule has 9 nitrogen and oxygen atoms in total. The third-order valence-electron chi connectivity index (χ3n) is 2.47. The molecule has 9 heteroatoms. The second kappa shape index (κ2) is 5.59. The van der Waals surface area contributed by atoms with E-state index < -0.39 is 34.6 Å². The van der Waals surface area contributed by atoms with Crippen molar-refractivity contribution < 1.29 is 24.2 Å². The highest BCUT2D eigenvalue weighted by molar-refractivity contribution is 5.89. The highest BCUT2D eigenvalue weighted by Gasteiger charge is 2.29. The van der Waals surface area contributed by atoms with Gasteiger partial charge in [-0.05, 0) is 13.8 Å². The molecule has 0 bridgehead atoms. The highest BCUT2D eigenvalue weighted by atomic mass is 16.5. The molecule has 0 saturated carbocycles. The Morgan fingerprint density at radius 3 is 2.40 bits per heavy atom. The number of nitrogens with zero attached hydrogens (tertiary/aromatic N) is 1. The Kier molecular flexibility index (Phi) is 4.33. The minimum Gasteiger partial charge on any atom is -0.501 e. The summed E-state index contributed by atoms with van der Waals surface area (Å²) >= 11 is 0. The van der Waals surface area contributed by atoms with Gasteiger partial charge in [0.05, 0.1) is 19.8 Å². The van der Waals surface area contributed by atoms with Crippen LogP contribution < -0.4 is 10.9 Å². The summed E-state index contributed by atoms with van der Waals surface area (Å²) < 4.78 is 8.87. The summed E-state index contributed by atoms with van der Waals surface area (Å²) in [4.78, 5) is 40.3. The van der Waals surface area contributed by atoms with Gasteiger partial charge >= 0.3 is 12.1 Å². The van der Waals surface area contributed by atoms with E-state index in [-0.39, 0.29) is 5.82 Å². The summed E-state index contributed by atoms with van der Waals surface area (Å²) in [5, 5.41) is 11.9. The molecule has 0 aliphatic carbocycles. The van der Waals surface area contributed by atoms with E-state index in [1.807, 2.05) is 0 Å². The Morgan fingerprint density at radius 2 is 1.90 bits per heavy atom. The summed E-state index contributed by atoms with van der Waals surface area (Å²) in [5.74, 6) is -1.86. The van der Waals surface area contributed by atoms with Crippen molar-refractivity contribution in [2.45, 2.75) is 19.4 Å². The zero-order valence-corrected chi connectivity index (χ0v) is 11.4. The molecule has 3 N–H and O–H groups in total. The number of carbonyl (C=O) groups is 2. The molecule has 0 saturated heterocycles. The molecule has 1 aromatic rings. The summed E-state index contributed by atoms with van der Waals surface area (Å²) in [6.07, 6.45) is -0.745. The van der Waals surface area contributed by atoms with E-state index in [9.17, 15) is 19.5 Å². The predicted octanol–water partition coefficient (Wildman–Crippen LogP) is -0.147. The maximum atomic E-state index is 11.6. The van der Waals surface area contributed by atoms with Crippen LogP contribution in [-0.4, -0.2) is 41.4 Å². The van der Waals surface area contributed by atoms with Gasteiger partial charge in [-0.2, -0.15) is 0 Å². The van der Waals surface area contributed by atoms with Gasteiger partial charge in [0.25, 0.3) is 5.56 Å². The lowest BCUT2D eigenvalue weighted by Crippen LogP contribution is -2.43. The van der Waals surface area contributed by atoms with Crippen molar-refractivity contribution in [2.24, 2.45) is 0 Å². The fraction of sp³-hybridized carbons (Fsp3) is 0.455. The number of aromatic amines is 1. The lowest BCUT2D eigenvalue weighted by molar-refractivity contribution is 0.0589. The number of aromatic hydroxyl groups is 1. The molecule has 0 aliphatic rings. The van der Waals surface area contributed by atoms with Crippen molar-refractivity contribution in [3.05, 3.63) is 21.9 Å². The Morgan fingerprint density at radius 1 is 1.30 bits per heavy atom. The number of nitrogens with one attached hydrogen (secondary N) is 2. The third-order valence-corrected chi connectivity index (χ3v) is 2.47. The van der Waals surface area contributed by atoms with Gasteiger partial charge in [-0.1, -0.05) is 0 Å². The fourth-order valence-electron chi connectivity index (χ4n) is 1.37. The molecule has 0 aliphatic heterocycles. The van der Waals surface area contributed by atoms with Crippen LogP contribution in [0.5, 0.6) is 5.75 Å². The lowest BCUT2D eigenvalue weighted by Gasteiger charge is -2.24. The number of aromatic nitrogens is 2. The van der Waals surface area contributed by atoms with E-state index in [1.165, 1.54) is 21.0 Å². The Bertz CT molecular complexity index is 592. The van der Waals surface area contributed by atoms with Crippen LogP contribution in [0.1, 0.15) is 30.2 Å². The van der Waals surface area contributed by atoms with Crippen molar-refractivity contribution in [3.63, 3.8) is 0 Å². The van der Waals surface area contributed by atoms with Gasteiger partial charge in [0.1, 0.15) is 5.82 Å². The molecule has 0 radical (unpaired) electrons. The van der Waals surface area contributed by atoms with Gasteiger partial charge in [0.15, 0.2) is 5.69 Å². The molecule has 110 valence electrons. The average Bonchev–Trinajstić information content (AvgIpc) is 2.39. The zero-order chi connectivity index (χ0) is 15.5. The number of esters is 1. The summed E-state index contributed by atoms with van der Waals surface area (Å²) in [7, 11) is 2.26. The van der Waals surface area contributed by atoms with Crippen molar-refractivity contribution in [2.75, 3.05) is 14.2 Å². The van der Waals surface area contributed by atoms with Gasteiger partial charge < -0.3 is 24.9 Å². The molecule has 0 aromatic carbocycles. The molecular weight excluding hydrogens is 270 g/mol. The largest absolute Gasteiger partial charge is 0.501 e. The van der Waals surface area contributed by atoms with Crippen LogP contribution in [0.3, 0.4) is 0 Å². The van der Waals surface area contributed by atoms with Crippen LogP contribution in [0.25, 0.3) is 0 Å². The molecule has 0 atom stereocenters. The van der Waals surface area contributed by atoms with E-state index >= 15 is 0 Å². The smallest absolute Gasteiger partial charge is 0.407 e. The number of hydrogen-bond donors (Lipinski definition) is 3. The maximum absolute atomic E-state index is 11.6. The molecule has 1 amide bonds. The van der Waals surface area contributed by atoms with Crippen molar-refractivity contribution in [1.29, 1.82) is 0 Å². The average molecular weight is 285 g/mol. The number of hydrogen-bond acceptors (Lipinski definition) is 7. The summed E-state index contributed by atoms with van der Waals surface area (Å²) in [6.45, 7) is 3.06. The number of H-pyrrole nitrogens is 1. The van der Waals surface area contributed by atoms with E-state index in [1.54, 1.807) is 0 Å². The quantitative estimate of drug-likeness (QED) is 0.658. The zero-order valence-electron chi connectivity index (χ0n) is 11.4. The predicted molar refractivity (Wildman–Crippen MR) is 66.4 cm³/mol. The SMILES string of the molecule is COC(=O)NC(C)(C)c1nc(C(=O)OC)c(O)c(=O)[nH]1. The van der Waals surface area contributed by atoms with E-state index in [2.05, 4.69) is 24.8 Å². The van der Waals surface area contributed by atoms with Crippen LogP contribution in [-0.2, 0) is 15.0 Å². The summed E-state index contributed by atoms with van der Waals surface area (Å²) in [5.41, 5.74) is -2.59. The lowest BCUT2D eigenvalue weighted by atomic mass is 10.0. The minimum atomic E-state index is -1.14.